The Balaban J connectivity index is 1.29. The van der Waals surface area contributed by atoms with Crippen LogP contribution in [0.4, 0.5) is 0 Å². The van der Waals surface area contributed by atoms with Gasteiger partial charge in [-0.2, -0.15) is 0 Å². The second kappa shape index (κ2) is 14.1. The Labute approximate surface area is 340 Å². The van der Waals surface area contributed by atoms with Gasteiger partial charge in [-0.15, -0.1) is 0 Å². The zero-order valence-electron chi connectivity index (χ0n) is 33.2. The number of allylic oxidation sites excluding steroid dienone is 2. The molecule has 0 saturated carbocycles. The molecular formula is C50H42N7O2+3. The number of hydrogen-bond donors (Lipinski definition) is 4. The Hall–Kier alpha value is -7.65. The molecule has 7 aromatic heterocycles. The first-order valence-corrected chi connectivity index (χ1v) is 19.7. The molecule has 286 valence electrons. The lowest BCUT2D eigenvalue weighted by Gasteiger charge is -2.11. The van der Waals surface area contributed by atoms with Gasteiger partial charge in [-0.1, -0.05) is 24.3 Å². The Morgan fingerprint density at radius 3 is 1.20 bits per heavy atom. The van der Waals surface area contributed by atoms with E-state index in [1.807, 2.05) is 47.5 Å². The van der Waals surface area contributed by atoms with Gasteiger partial charge in [-0.25, -0.2) is 13.7 Å². The number of carbonyl (C=O) groups excluding carboxylic acids is 2. The van der Waals surface area contributed by atoms with Crippen molar-refractivity contribution >= 4 is 33.9 Å². The standard InChI is InChI=1S/C50H40N7O2/c1-30-29-35(23-28-57(30)4)49-42-15-13-40(53-42)47(33-19-24-55(2)25-20-33)38-11-9-36(51-38)46(31-5-7-32(8-6-31)50-44(58)17-18-45(50)59)37-10-12-39(52-37)48(41-14-16-43(49)54-41)34-21-26-56(3)27-22-34/h5-29,50H,1-4H3,(H2,51,52,53,54)/q+1/p+2. The van der Waals surface area contributed by atoms with Crippen LogP contribution in [-0.4, -0.2) is 31.5 Å². The van der Waals surface area contributed by atoms with E-state index in [4.69, 9.17) is 0 Å². The summed E-state index contributed by atoms with van der Waals surface area (Å²) in [5, 5.41) is 3.80. The Morgan fingerprint density at radius 2 is 0.797 bits per heavy atom. The van der Waals surface area contributed by atoms with Crippen LogP contribution in [0.1, 0.15) is 62.2 Å². The molecule has 4 N–H and O–H groups in total. The largest absolute Gasteiger partial charge is 0.354 e. The molecular weight excluding hydrogens is 731 g/mol. The van der Waals surface area contributed by atoms with Crippen LogP contribution in [0, 0.1) is 6.92 Å². The third-order valence-corrected chi connectivity index (χ3v) is 11.6. The van der Waals surface area contributed by atoms with Gasteiger partial charge < -0.3 is 19.9 Å². The van der Waals surface area contributed by atoms with E-state index < -0.39 is 5.92 Å². The lowest BCUT2D eigenvalue weighted by molar-refractivity contribution is -0.677. The number of aryl methyl sites for hydroxylation is 4. The fourth-order valence-electron chi connectivity index (χ4n) is 8.41. The van der Waals surface area contributed by atoms with Crippen molar-refractivity contribution in [3.8, 4) is 0 Å². The molecule has 8 heterocycles. The molecule has 59 heavy (non-hydrogen) atoms. The van der Waals surface area contributed by atoms with E-state index in [0.717, 1.165) is 94.4 Å². The first kappa shape index (κ1) is 35.7. The number of carbonyl (C=O) groups is 2. The van der Waals surface area contributed by atoms with Crippen LogP contribution in [-0.2, 0) is 30.7 Å². The van der Waals surface area contributed by atoms with Gasteiger partial charge >= 0.3 is 0 Å². The van der Waals surface area contributed by atoms with Gasteiger partial charge in [-0.3, -0.25) is 9.59 Å². The second-order valence-corrected chi connectivity index (χ2v) is 15.5. The number of benzene rings is 1. The zero-order chi connectivity index (χ0) is 40.4. The predicted octanol–water partition coefficient (Wildman–Crippen LogP) is 2.88. The SMILES string of the molecule is Cc1cc(C2=c3ccc([nH]3)=C(c3cc[n+](C)cc3)c3ccc([nH]3)C(c3ccc(C4C(=O)C=CC4=O)cc3)=c3ccc([nH]3)=C(c3cc[n+](C)cc3)c3ccc2[nH]3)cc[n+]1C. The molecule has 0 radical (unpaired) electrons. The molecule has 9 heteroatoms. The molecule has 0 atom stereocenters. The highest BCUT2D eigenvalue weighted by Crippen LogP contribution is 2.30. The molecule has 0 unspecified atom stereocenters. The Morgan fingerprint density at radius 1 is 0.424 bits per heavy atom. The molecule has 0 fully saturated rings. The first-order valence-electron chi connectivity index (χ1n) is 19.7. The predicted molar refractivity (Wildman–Crippen MR) is 224 cm³/mol. The topological polar surface area (TPSA) is 109 Å². The maximum absolute atomic E-state index is 12.6. The van der Waals surface area contributed by atoms with Crippen LogP contribution in [0.15, 0.2) is 152 Å². The van der Waals surface area contributed by atoms with E-state index in [1.165, 1.54) is 12.2 Å². The third-order valence-electron chi connectivity index (χ3n) is 11.6. The monoisotopic (exact) mass is 772 g/mol. The van der Waals surface area contributed by atoms with E-state index in [2.05, 4.69) is 154 Å². The Bertz CT molecular complexity index is 3260. The molecule has 2 aliphatic rings. The summed E-state index contributed by atoms with van der Waals surface area (Å²) in [6.07, 6.45) is 13.1. The van der Waals surface area contributed by atoms with E-state index in [9.17, 15) is 9.59 Å². The van der Waals surface area contributed by atoms with Gasteiger partial charge in [0.15, 0.2) is 48.2 Å². The van der Waals surface area contributed by atoms with E-state index in [-0.39, 0.29) is 11.6 Å². The van der Waals surface area contributed by atoms with Crippen LogP contribution in [0.5, 0.6) is 0 Å². The summed E-state index contributed by atoms with van der Waals surface area (Å²) in [6.45, 7) is 2.13. The molecule has 1 aliphatic heterocycles. The van der Waals surface area contributed by atoms with Crippen molar-refractivity contribution in [3.05, 3.63) is 230 Å². The third kappa shape index (κ3) is 6.33. The number of nitrogens with one attached hydrogen (secondary N) is 4. The number of ketones is 2. The lowest BCUT2D eigenvalue weighted by atomic mass is 9.92. The van der Waals surface area contributed by atoms with Gasteiger partial charge in [0.25, 0.3) is 0 Å². The molecule has 9 nitrogen and oxygen atoms in total. The van der Waals surface area contributed by atoms with Crippen molar-refractivity contribution in [2.45, 2.75) is 12.8 Å². The summed E-state index contributed by atoms with van der Waals surface area (Å²) < 4.78 is 6.20. The Kier molecular flexibility index (Phi) is 8.52. The van der Waals surface area contributed by atoms with Crippen molar-refractivity contribution in [1.29, 1.82) is 0 Å². The number of pyridine rings is 3. The van der Waals surface area contributed by atoms with Crippen LogP contribution < -0.4 is 35.1 Å². The smallest absolute Gasteiger partial charge is 0.178 e. The van der Waals surface area contributed by atoms with Crippen molar-refractivity contribution in [2.24, 2.45) is 21.1 Å². The summed E-state index contributed by atoms with van der Waals surface area (Å²) in [5.74, 6) is -1.16. The second-order valence-electron chi connectivity index (χ2n) is 15.5. The van der Waals surface area contributed by atoms with Gasteiger partial charge in [0.05, 0.1) is 0 Å². The average Bonchev–Trinajstić information content (AvgIpc) is 4.10. The minimum Gasteiger partial charge on any atom is -0.354 e. The van der Waals surface area contributed by atoms with Crippen molar-refractivity contribution < 1.29 is 23.3 Å². The maximum Gasteiger partial charge on any atom is 0.178 e. The highest BCUT2D eigenvalue weighted by atomic mass is 16.2. The van der Waals surface area contributed by atoms with Gasteiger partial charge in [-0.05, 0) is 88.5 Å². The van der Waals surface area contributed by atoms with Crippen LogP contribution in [0.25, 0.3) is 22.3 Å². The maximum atomic E-state index is 12.6. The molecule has 0 saturated heterocycles. The van der Waals surface area contributed by atoms with Gasteiger partial charge in [0.1, 0.15) is 27.1 Å². The minimum absolute atomic E-state index is 0.184. The highest BCUT2D eigenvalue weighted by Gasteiger charge is 2.30. The number of fused-ring (bicyclic) bond motifs is 8. The summed E-state index contributed by atoms with van der Waals surface area (Å²) in [4.78, 5) is 40.7. The van der Waals surface area contributed by atoms with E-state index >= 15 is 0 Å². The van der Waals surface area contributed by atoms with Crippen molar-refractivity contribution in [3.63, 3.8) is 0 Å². The minimum atomic E-state index is -0.794. The number of hydrogen-bond acceptors (Lipinski definition) is 2. The number of H-pyrrole nitrogens is 4. The summed E-state index contributed by atoms with van der Waals surface area (Å²) in [5.41, 5.74) is 13.8. The fraction of sp³-hybridized carbons (Fsp3) is 0.100. The summed E-state index contributed by atoms with van der Waals surface area (Å²) in [7, 11) is 6.11. The van der Waals surface area contributed by atoms with Crippen LogP contribution in [0.3, 0.4) is 0 Å². The van der Waals surface area contributed by atoms with Crippen molar-refractivity contribution in [2.75, 3.05) is 0 Å². The fourth-order valence-corrected chi connectivity index (χ4v) is 8.41. The zero-order valence-corrected chi connectivity index (χ0v) is 33.2. The molecule has 8 aromatic rings. The number of aromatic nitrogens is 7. The number of rotatable bonds is 5. The molecule has 1 aliphatic carbocycles. The van der Waals surface area contributed by atoms with Crippen molar-refractivity contribution in [1.82, 2.24) is 19.9 Å². The first-order chi connectivity index (χ1) is 28.7. The molecule has 1 aromatic carbocycles. The molecule has 0 spiro atoms. The summed E-state index contributed by atoms with van der Waals surface area (Å²) >= 11 is 0. The van der Waals surface area contributed by atoms with Gasteiger partial charge in [0.2, 0.25) is 0 Å². The van der Waals surface area contributed by atoms with Gasteiger partial charge in [0, 0.05) is 110 Å². The number of aromatic amines is 4. The molecule has 10 rings (SSSR count). The van der Waals surface area contributed by atoms with E-state index in [0.29, 0.717) is 5.56 Å². The average molecular weight is 773 g/mol. The lowest BCUT2D eigenvalue weighted by Crippen LogP contribution is -2.31. The molecule has 0 amide bonds. The quantitative estimate of drug-likeness (QED) is 0.160. The number of nitrogens with zero attached hydrogens (tertiary/aromatic N) is 3. The highest BCUT2D eigenvalue weighted by molar-refractivity contribution is 6.22. The van der Waals surface area contributed by atoms with E-state index in [1.54, 1.807) is 0 Å². The molecule has 8 bridgehead atoms. The van der Waals surface area contributed by atoms with Crippen LogP contribution >= 0.6 is 0 Å². The normalized spacial score (nSPS) is 14.2. The van der Waals surface area contributed by atoms with Crippen LogP contribution in [0.2, 0.25) is 0 Å². The summed E-state index contributed by atoms with van der Waals surface area (Å²) in [6, 6.07) is 38.0.